The highest BCUT2D eigenvalue weighted by Crippen LogP contribution is 2.26. The molecule has 0 saturated carbocycles. The summed E-state index contributed by atoms with van der Waals surface area (Å²) in [6, 6.07) is 8.61. The average molecular weight is 446 g/mol. The van der Waals surface area contributed by atoms with Gasteiger partial charge < -0.3 is 26.2 Å². The first-order chi connectivity index (χ1) is 15.1. The van der Waals surface area contributed by atoms with Gasteiger partial charge in [0.1, 0.15) is 6.04 Å². The Morgan fingerprint density at radius 3 is 2.44 bits per heavy atom. The molecule has 1 aromatic rings. The number of hydrogen-bond donors (Lipinski definition) is 3. The van der Waals surface area contributed by atoms with Crippen LogP contribution in [0.25, 0.3) is 0 Å². The van der Waals surface area contributed by atoms with Crippen LogP contribution in [0.2, 0.25) is 0 Å². The third-order valence-electron chi connectivity index (χ3n) is 6.06. The summed E-state index contributed by atoms with van der Waals surface area (Å²) in [5, 5.41) is 5.85. The minimum absolute atomic E-state index is 0.0733. The lowest BCUT2D eigenvalue weighted by molar-refractivity contribution is -0.142. The summed E-state index contributed by atoms with van der Waals surface area (Å²) in [5.41, 5.74) is 6.24. The fraction of sp³-hybridized carbons (Fsp3) is 0.625. The van der Waals surface area contributed by atoms with Crippen LogP contribution in [0.5, 0.6) is 0 Å². The van der Waals surface area contributed by atoms with Gasteiger partial charge in [0.15, 0.2) is 0 Å². The number of carbonyl (C=O) groups excluding carboxylic acids is 3. The number of benzene rings is 1. The van der Waals surface area contributed by atoms with E-state index in [0.717, 1.165) is 18.4 Å². The second kappa shape index (κ2) is 11.4. The molecular formula is C24H39N5O3. The molecule has 0 aromatic heterocycles. The van der Waals surface area contributed by atoms with E-state index in [0.29, 0.717) is 19.6 Å². The Labute approximate surface area is 191 Å². The fourth-order valence-corrected chi connectivity index (χ4v) is 3.97. The first kappa shape index (κ1) is 25.8. The number of likely N-dealkylation sites (tertiary alicyclic amines) is 1. The van der Waals surface area contributed by atoms with Crippen LogP contribution in [0.3, 0.4) is 0 Å². The molecule has 1 fully saturated rings. The molecule has 1 heterocycles. The maximum atomic E-state index is 13.6. The van der Waals surface area contributed by atoms with Crippen molar-refractivity contribution >= 4 is 17.7 Å². The molecule has 1 aliphatic heterocycles. The van der Waals surface area contributed by atoms with Crippen LogP contribution in [-0.2, 0) is 20.9 Å². The van der Waals surface area contributed by atoms with Crippen LogP contribution in [0.15, 0.2) is 30.3 Å². The number of amides is 3. The van der Waals surface area contributed by atoms with Crippen molar-refractivity contribution < 1.29 is 14.4 Å². The van der Waals surface area contributed by atoms with Gasteiger partial charge in [-0.2, -0.15) is 0 Å². The molecule has 1 saturated heterocycles. The van der Waals surface area contributed by atoms with Crippen LogP contribution in [0.4, 0.5) is 0 Å². The van der Waals surface area contributed by atoms with E-state index in [1.807, 2.05) is 56.0 Å². The number of hydrogen-bond acceptors (Lipinski definition) is 5. The molecule has 0 unspecified atom stereocenters. The third-order valence-corrected chi connectivity index (χ3v) is 6.06. The Bertz CT molecular complexity index is 778. The number of nitrogens with one attached hydrogen (secondary N) is 2. The van der Waals surface area contributed by atoms with Crippen molar-refractivity contribution in [2.24, 2.45) is 11.1 Å². The van der Waals surface area contributed by atoms with Crippen molar-refractivity contribution in [2.75, 3.05) is 26.7 Å². The first-order valence-corrected chi connectivity index (χ1v) is 11.4. The minimum atomic E-state index is -0.654. The summed E-state index contributed by atoms with van der Waals surface area (Å²) in [7, 11) is 1.71. The van der Waals surface area contributed by atoms with Gasteiger partial charge >= 0.3 is 0 Å². The number of carbonyl (C=O) groups is 3. The molecular weight excluding hydrogens is 406 g/mol. The highest BCUT2D eigenvalue weighted by molar-refractivity contribution is 5.90. The summed E-state index contributed by atoms with van der Waals surface area (Å²) in [4.78, 5) is 42.3. The monoisotopic (exact) mass is 445 g/mol. The van der Waals surface area contributed by atoms with Gasteiger partial charge in [0.2, 0.25) is 17.7 Å². The van der Waals surface area contributed by atoms with Crippen LogP contribution >= 0.6 is 0 Å². The maximum Gasteiger partial charge on any atom is 0.246 e. The average Bonchev–Trinajstić information content (AvgIpc) is 3.23. The molecule has 1 aliphatic rings. The van der Waals surface area contributed by atoms with E-state index >= 15 is 0 Å². The van der Waals surface area contributed by atoms with E-state index in [1.165, 1.54) is 0 Å². The standard InChI is InChI=1S/C24H39N5O3/c1-17(26-5)22(31)27-21(24(2,3)4)23(32)29-13-9-12-19(29)16-28(20(30)14-25)15-18-10-7-6-8-11-18/h6-8,10-11,17,19,21,26H,9,12-16,25H2,1-5H3,(H,27,31)/t17-,19-,21+/m0/s1. The summed E-state index contributed by atoms with van der Waals surface area (Å²) in [5.74, 6) is -0.450. The topological polar surface area (TPSA) is 108 Å². The van der Waals surface area contributed by atoms with Gasteiger partial charge in [-0.3, -0.25) is 14.4 Å². The SMILES string of the molecule is CN[C@@H](C)C(=O)N[C@H](C(=O)N1CCC[C@H]1CN(Cc1ccccc1)C(=O)CN)C(C)(C)C. The normalized spacial score (nSPS) is 18.2. The van der Waals surface area contributed by atoms with Gasteiger partial charge in [0.05, 0.1) is 12.6 Å². The van der Waals surface area contributed by atoms with Crippen molar-refractivity contribution in [3.63, 3.8) is 0 Å². The maximum absolute atomic E-state index is 13.6. The Balaban J connectivity index is 2.18. The van der Waals surface area contributed by atoms with Gasteiger partial charge in [-0.1, -0.05) is 51.1 Å². The largest absolute Gasteiger partial charge is 0.342 e. The minimum Gasteiger partial charge on any atom is -0.342 e. The van der Waals surface area contributed by atoms with Crippen LogP contribution in [0.1, 0.15) is 46.1 Å². The molecule has 0 spiro atoms. The van der Waals surface area contributed by atoms with E-state index < -0.39 is 17.5 Å². The summed E-state index contributed by atoms with van der Waals surface area (Å²) >= 11 is 0. The molecule has 0 radical (unpaired) electrons. The lowest BCUT2D eigenvalue weighted by atomic mass is 9.85. The van der Waals surface area contributed by atoms with Gasteiger partial charge in [0.25, 0.3) is 0 Å². The number of nitrogens with two attached hydrogens (primary N) is 1. The Kier molecular flexibility index (Phi) is 9.21. The predicted molar refractivity (Wildman–Crippen MR) is 126 cm³/mol. The van der Waals surface area contributed by atoms with Gasteiger partial charge in [-0.05, 0) is 37.8 Å². The highest BCUT2D eigenvalue weighted by Gasteiger charge is 2.40. The quantitative estimate of drug-likeness (QED) is 0.528. The summed E-state index contributed by atoms with van der Waals surface area (Å²) < 4.78 is 0. The number of rotatable bonds is 9. The predicted octanol–water partition coefficient (Wildman–Crippen LogP) is 1.10. The van der Waals surface area contributed by atoms with Gasteiger partial charge in [-0.15, -0.1) is 0 Å². The molecule has 0 aliphatic carbocycles. The van der Waals surface area contributed by atoms with E-state index in [9.17, 15) is 14.4 Å². The van der Waals surface area contributed by atoms with E-state index in [2.05, 4.69) is 10.6 Å². The lowest BCUT2D eigenvalue weighted by Crippen LogP contribution is -2.59. The van der Waals surface area contributed by atoms with Crippen molar-refractivity contribution in [3.8, 4) is 0 Å². The summed E-state index contributed by atoms with van der Waals surface area (Å²) in [6.07, 6.45) is 1.68. The van der Waals surface area contributed by atoms with E-state index in [4.69, 9.17) is 5.73 Å². The molecule has 0 bridgehead atoms. The molecule has 8 heteroatoms. The molecule has 1 aromatic carbocycles. The Hall–Kier alpha value is -2.45. The lowest BCUT2D eigenvalue weighted by Gasteiger charge is -2.37. The third kappa shape index (κ3) is 6.77. The van der Waals surface area contributed by atoms with Crippen LogP contribution in [-0.4, -0.2) is 72.3 Å². The van der Waals surface area contributed by atoms with Crippen molar-refractivity contribution in [1.29, 1.82) is 0 Å². The Morgan fingerprint density at radius 1 is 1.22 bits per heavy atom. The molecule has 8 nitrogen and oxygen atoms in total. The van der Waals surface area contributed by atoms with Crippen LogP contribution < -0.4 is 16.4 Å². The molecule has 4 N–H and O–H groups in total. The number of likely N-dealkylation sites (N-methyl/N-ethyl adjacent to an activating group) is 1. The molecule has 3 atom stereocenters. The van der Waals surface area contributed by atoms with Crippen molar-refractivity contribution in [2.45, 2.75) is 65.2 Å². The van der Waals surface area contributed by atoms with Crippen molar-refractivity contribution in [3.05, 3.63) is 35.9 Å². The van der Waals surface area contributed by atoms with E-state index in [-0.39, 0.29) is 30.3 Å². The summed E-state index contributed by atoms with van der Waals surface area (Å²) in [6.45, 7) is 9.03. The smallest absolute Gasteiger partial charge is 0.246 e. The second-order valence-corrected chi connectivity index (χ2v) is 9.61. The zero-order valence-corrected chi connectivity index (χ0v) is 20.1. The number of nitrogens with zero attached hydrogens (tertiary/aromatic N) is 2. The van der Waals surface area contributed by atoms with Gasteiger partial charge in [0, 0.05) is 25.7 Å². The molecule has 2 rings (SSSR count). The van der Waals surface area contributed by atoms with Crippen LogP contribution in [0, 0.1) is 5.41 Å². The highest BCUT2D eigenvalue weighted by atomic mass is 16.2. The molecule has 32 heavy (non-hydrogen) atoms. The molecule has 178 valence electrons. The fourth-order valence-electron chi connectivity index (χ4n) is 3.97. The molecule has 3 amide bonds. The first-order valence-electron chi connectivity index (χ1n) is 11.4. The van der Waals surface area contributed by atoms with Gasteiger partial charge in [-0.25, -0.2) is 0 Å². The zero-order chi connectivity index (χ0) is 23.9. The van der Waals surface area contributed by atoms with Crippen molar-refractivity contribution in [1.82, 2.24) is 20.4 Å². The van der Waals surface area contributed by atoms with E-state index in [1.54, 1.807) is 18.9 Å². The Morgan fingerprint density at radius 2 is 1.88 bits per heavy atom. The second-order valence-electron chi connectivity index (χ2n) is 9.61. The zero-order valence-electron chi connectivity index (χ0n) is 20.1.